The van der Waals surface area contributed by atoms with Crippen molar-refractivity contribution in [3.05, 3.63) is 53.6 Å². The highest BCUT2D eigenvalue weighted by Gasteiger charge is 2.35. The van der Waals surface area contributed by atoms with Crippen LogP contribution < -0.4 is 25.0 Å². The Morgan fingerprint density at radius 1 is 1.12 bits per heavy atom. The van der Waals surface area contributed by atoms with Crippen LogP contribution >= 0.6 is 0 Å². The van der Waals surface area contributed by atoms with Gasteiger partial charge in [-0.25, -0.2) is 0 Å². The van der Waals surface area contributed by atoms with E-state index in [4.69, 9.17) is 23.7 Å². The van der Waals surface area contributed by atoms with Gasteiger partial charge in [0, 0.05) is 66.5 Å². The van der Waals surface area contributed by atoms with Crippen LogP contribution in [0.15, 0.2) is 42.5 Å². The number of amides is 1. The fourth-order valence-corrected chi connectivity index (χ4v) is 5.87. The highest BCUT2D eigenvalue weighted by Crippen LogP contribution is 2.36. The molecule has 232 valence electrons. The van der Waals surface area contributed by atoms with E-state index < -0.39 is 0 Å². The highest BCUT2D eigenvalue weighted by atomic mass is 16.5. The van der Waals surface area contributed by atoms with Gasteiger partial charge in [-0.05, 0) is 60.1 Å². The Hall–Kier alpha value is -2.85. The average Bonchev–Trinajstić information content (AvgIpc) is 2.99. The molecule has 4 rings (SSSR count). The molecule has 9 heteroatoms. The third-order valence-electron chi connectivity index (χ3n) is 8.09. The number of methoxy groups -OCH3 is 2. The third-order valence-corrected chi connectivity index (χ3v) is 8.09. The van der Waals surface area contributed by atoms with Gasteiger partial charge in [0.05, 0.1) is 31.5 Å². The van der Waals surface area contributed by atoms with Crippen molar-refractivity contribution in [2.75, 3.05) is 78.3 Å². The molecule has 0 radical (unpaired) electrons. The second kappa shape index (κ2) is 16.7. The average molecular weight is 584 g/mol. The first-order chi connectivity index (χ1) is 20.5. The second-order valence-corrected chi connectivity index (χ2v) is 11.5. The summed E-state index contributed by atoms with van der Waals surface area (Å²) in [6, 6.07) is 14.7. The van der Waals surface area contributed by atoms with Crippen LogP contribution in [0, 0.1) is 11.8 Å². The Morgan fingerprint density at radius 3 is 2.71 bits per heavy atom. The maximum atomic E-state index is 11.8. The predicted molar refractivity (Wildman–Crippen MR) is 165 cm³/mol. The number of ether oxygens (including phenoxy) is 5. The highest BCUT2D eigenvalue weighted by molar-refractivity contribution is 5.72. The molecule has 0 aliphatic carbocycles. The molecule has 9 nitrogen and oxygen atoms in total. The van der Waals surface area contributed by atoms with Crippen molar-refractivity contribution in [3.8, 4) is 11.5 Å². The van der Waals surface area contributed by atoms with E-state index in [1.54, 1.807) is 21.1 Å². The van der Waals surface area contributed by atoms with E-state index in [-0.39, 0.29) is 23.8 Å². The molecule has 1 fully saturated rings. The number of nitrogens with one attached hydrogen (secondary N) is 2. The SMILES string of the molecule is COCCCN1CCOc2ccc(CO[C@H]3CNC[C@@H](CNC(C)=O)[C@@H]3c3ccc(OCC[C@H](C)COC)cc3)cc21. The maximum Gasteiger partial charge on any atom is 0.216 e. The minimum atomic E-state index is -0.0516. The lowest BCUT2D eigenvalue weighted by molar-refractivity contribution is -0.119. The summed E-state index contributed by atoms with van der Waals surface area (Å²) >= 11 is 0. The molecule has 2 heterocycles. The number of hydrogen-bond donors (Lipinski definition) is 2. The molecule has 0 unspecified atom stereocenters. The van der Waals surface area contributed by atoms with Gasteiger partial charge in [-0.2, -0.15) is 0 Å². The summed E-state index contributed by atoms with van der Waals surface area (Å²) in [5, 5.41) is 6.57. The molecule has 4 atom stereocenters. The smallest absolute Gasteiger partial charge is 0.216 e. The molecule has 0 saturated carbocycles. The third kappa shape index (κ3) is 9.33. The second-order valence-electron chi connectivity index (χ2n) is 11.5. The van der Waals surface area contributed by atoms with E-state index in [2.05, 4.69) is 52.8 Å². The Kier molecular flexibility index (Phi) is 12.8. The van der Waals surface area contributed by atoms with Gasteiger partial charge in [0.15, 0.2) is 0 Å². The first-order valence-corrected chi connectivity index (χ1v) is 15.3. The van der Waals surface area contributed by atoms with Crippen LogP contribution in [0.5, 0.6) is 11.5 Å². The molecule has 0 spiro atoms. The monoisotopic (exact) mass is 583 g/mol. The zero-order chi connectivity index (χ0) is 29.7. The van der Waals surface area contributed by atoms with Gasteiger partial charge in [-0.1, -0.05) is 25.1 Å². The lowest BCUT2D eigenvalue weighted by Gasteiger charge is -2.39. The molecule has 2 aromatic carbocycles. The van der Waals surface area contributed by atoms with E-state index in [0.717, 1.165) is 75.0 Å². The first kappa shape index (κ1) is 32.1. The number of fused-ring (bicyclic) bond motifs is 1. The van der Waals surface area contributed by atoms with Gasteiger partial charge in [-0.3, -0.25) is 4.79 Å². The largest absolute Gasteiger partial charge is 0.494 e. The summed E-state index contributed by atoms with van der Waals surface area (Å²) in [5.41, 5.74) is 3.43. The van der Waals surface area contributed by atoms with Crippen LogP contribution in [-0.4, -0.2) is 85.4 Å². The van der Waals surface area contributed by atoms with Crippen molar-refractivity contribution >= 4 is 11.6 Å². The fourth-order valence-electron chi connectivity index (χ4n) is 5.87. The van der Waals surface area contributed by atoms with E-state index in [9.17, 15) is 4.79 Å². The normalized spacial score (nSPS) is 20.9. The van der Waals surface area contributed by atoms with Crippen LogP contribution in [0.2, 0.25) is 0 Å². The van der Waals surface area contributed by atoms with Crippen molar-refractivity contribution in [2.24, 2.45) is 11.8 Å². The van der Waals surface area contributed by atoms with Gasteiger partial charge in [0.1, 0.15) is 18.1 Å². The van der Waals surface area contributed by atoms with Gasteiger partial charge in [0.2, 0.25) is 5.91 Å². The summed E-state index contributed by atoms with van der Waals surface area (Å²) in [6.07, 6.45) is 1.86. The van der Waals surface area contributed by atoms with Gasteiger partial charge >= 0.3 is 0 Å². The van der Waals surface area contributed by atoms with Crippen molar-refractivity contribution in [3.63, 3.8) is 0 Å². The molecule has 42 heavy (non-hydrogen) atoms. The number of nitrogens with zero attached hydrogens (tertiary/aromatic N) is 1. The molecule has 2 aliphatic rings. The summed E-state index contributed by atoms with van der Waals surface area (Å²) < 4.78 is 29.1. The van der Waals surface area contributed by atoms with Gasteiger partial charge in [0.25, 0.3) is 0 Å². The van der Waals surface area contributed by atoms with Crippen LogP contribution in [0.4, 0.5) is 5.69 Å². The summed E-state index contributed by atoms with van der Waals surface area (Å²) in [4.78, 5) is 14.1. The Labute approximate surface area is 251 Å². The van der Waals surface area contributed by atoms with Crippen LogP contribution in [0.3, 0.4) is 0 Å². The lowest BCUT2D eigenvalue weighted by Crippen LogP contribution is -2.50. The number of benzene rings is 2. The fraction of sp³-hybridized carbons (Fsp3) is 0.606. The molecule has 2 N–H and O–H groups in total. The van der Waals surface area contributed by atoms with Crippen LogP contribution in [0.25, 0.3) is 0 Å². The lowest BCUT2D eigenvalue weighted by atomic mass is 9.79. The van der Waals surface area contributed by atoms with Crippen molar-refractivity contribution < 1.29 is 28.5 Å². The van der Waals surface area contributed by atoms with Crippen LogP contribution in [-0.2, 0) is 25.6 Å². The molecule has 1 saturated heterocycles. The number of anilines is 1. The number of rotatable bonds is 16. The summed E-state index contributed by atoms with van der Waals surface area (Å²) in [7, 11) is 3.47. The van der Waals surface area contributed by atoms with Gasteiger partial charge in [-0.15, -0.1) is 0 Å². The number of hydrogen-bond acceptors (Lipinski definition) is 8. The molecule has 2 aromatic rings. The summed E-state index contributed by atoms with van der Waals surface area (Å²) in [5.74, 6) is 2.54. The maximum absolute atomic E-state index is 11.8. The molecule has 0 bridgehead atoms. The van der Waals surface area contributed by atoms with E-state index in [0.29, 0.717) is 32.3 Å². The molecular formula is C33H49N3O6. The van der Waals surface area contributed by atoms with Crippen LogP contribution in [0.1, 0.15) is 43.7 Å². The zero-order valence-corrected chi connectivity index (χ0v) is 25.7. The first-order valence-electron chi connectivity index (χ1n) is 15.3. The van der Waals surface area contributed by atoms with Crippen molar-refractivity contribution in [1.82, 2.24) is 10.6 Å². The summed E-state index contributed by atoms with van der Waals surface area (Å²) in [6.45, 7) is 11.0. The van der Waals surface area contributed by atoms with Crippen molar-refractivity contribution in [2.45, 2.75) is 45.3 Å². The van der Waals surface area contributed by atoms with E-state index >= 15 is 0 Å². The minimum absolute atomic E-state index is 0.0189. The van der Waals surface area contributed by atoms with E-state index in [1.807, 2.05) is 12.1 Å². The Balaban J connectivity index is 1.44. The van der Waals surface area contributed by atoms with Gasteiger partial charge < -0.3 is 39.2 Å². The van der Waals surface area contributed by atoms with Crippen molar-refractivity contribution in [1.29, 1.82) is 0 Å². The zero-order valence-electron chi connectivity index (χ0n) is 25.7. The molecule has 1 amide bonds. The molecule has 0 aromatic heterocycles. The quantitative estimate of drug-likeness (QED) is 0.287. The minimum Gasteiger partial charge on any atom is -0.494 e. The molecule has 2 aliphatic heterocycles. The predicted octanol–water partition coefficient (Wildman–Crippen LogP) is 4.00. The van der Waals surface area contributed by atoms with E-state index in [1.165, 1.54) is 5.56 Å². The number of carbonyl (C=O) groups excluding carboxylic acids is 1. The Bertz CT molecular complexity index is 1100. The topological polar surface area (TPSA) is 90.5 Å². The Morgan fingerprint density at radius 2 is 1.95 bits per heavy atom. The number of carbonyl (C=O) groups is 1. The standard InChI is InChI=1S/C33H49N3O6/c1-24(22-39-4)12-16-40-29-9-7-27(8-10-29)33-28(20-35-25(2)37)19-34-21-32(33)42-23-26-6-11-31-30(18-26)36(14-17-41-31)13-5-15-38-3/h6-11,18,24,28,32-34H,5,12-17,19-23H2,1-4H3,(H,35,37)/t24-,28-,32-,33-/m0/s1. The number of piperidine rings is 1. The molecular weight excluding hydrogens is 534 g/mol.